The summed E-state index contributed by atoms with van der Waals surface area (Å²) in [5, 5.41) is 2.18. The molecule has 5 nitrogen and oxygen atoms in total. The number of para-hydroxylation sites is 2. The summed E-state index contributed by atoms with van der Waals surface area (Å²) in [6.45, 7) is 6.14. The fraction of sp³-hybridized carbons (Fsp3) is 0.400. The number of hydrogen-bond donors (Lipinski definition) is 2. The number of hydrogen-bond acceptors (Lipinski definition) is 5. The van der Waals surface area contributed by atoms with Gasteiger partial charge in [0.05, 0.1) is 11.4 Å². The second-order valence-corrected chi connectivity index (χ2v) is 6.92. The van der Waals surface area contributed by atoms with Gasteiger partial charge >= 0.3 is 0 Å². The van der Waals surface area contributed by atoms with E-state index in [9.17, 15) is 4.39 Å². The van der Waals surface area contributed by atoms with Crippen LogP contribution in [0.5, 0.6) is 0 Å². The van der Waals surface area contributed by atoms with Crippen LogP contribution in [0.2, 0.25) is 0 Å². The van der Waals surface area contributed by atoms with Crippen LogP contribution in [-0.2, 0) is 0 Å². The molecule has 0 atom stereocenters. The highest BCUT2D eigenvalue weighted by molar-refractivity contribution is 5.72. The standard InChI is InChI=1S/C20H26FN5/c21-17-6-5-7-18(16-17)25-14-12-24(13-15-25)10-3-4-11-26-20-9-2-1-8-19(20)22-23-26/h1-2,5-9,16,22-23H,3-4,10-15H2. The molecule has 0 amide bonds. The molecule has 0 spiro atoms. The van der Waals surface area contributed by atoms with E-state index in [1.807, 2.05) is 12.1 Å². The highest BCUT2D eigenvalue weighted by Gasteiger charge is 2.19. The summed E-state index contributed by atoms with van der Waals surface area (Å²) in [6, 6.07) is 15.2. The molecule has 1 fully saturated rings. The van der Waals surface area contributed by atoms with Crippen LogP contribution in [0.4, 0.5) is 21.5 Å². The van der Waals surface area contributed by atoms with Crippen molar-refractivity contribution in [1.82, 2.24) is 10.4 Å². The predicted octanol–water partition coefficient (Wildman–Crippen LogP) is 3.08. The van der Waals surface area contributed by atoms with Crippen LogP contribution < -0.4 is 20.9 Å². The van der Waals surface area contributed by atoms with Crippen LogP contribution >= 0.6 is 0 Å². The van der Waals surface area contributed by atoms with E-state index >= 15 is 0 Å². The molecular weight excluding hydrogens is 329 g/mol. The number of nitrogens with zero attached hydrogens (tertiary/aromatic N) is 3. The Morgan fingerprint density at radius 1 is 0.885 bits per heavy atom. The zero-order chi connectivity index (χ0) is 17.8. The summed E-state index contributed by atoms with van der Waals surface area (Å²) in [4.78, 5) is 4.79. The van der Waals surface area contributed by atoms with Gasteiger partial charge in [-0.25, -0.2) is 4.39 Å². The first kappa shape index (κ1) is 17.1. The van der Waals surface area contributed by atoms with Crippen molar-refractivity contribution < 1.29 is 4.39 Å². The number of piperazine rings is 1. The normalized spacial score (nSPS) is 17.3. The van der Waals surface area contributed by atoms with E-state index in [2.05, 4.69) is 44.0 Å². The van der Waals surface area contributed by atoms with Crippen molar-refractivity contribution in [2.75, 3.05) is 54.6 Å². The van der Waals surface area contributed by atoms with Gasteiger partial charge in [-0.15, -0.1) is 5.53 Å². The summed E-state index contributed by atoms with van der Waals surface area (Å²) in [5.74, 6) is -0.156. The van der Waals surface area contributed by atoms with Gasteiger partial charge in [0.1, 0.15) is 5.82 Å². The number of fused-ring (bicyclic) bond motifs is 1. The molecule has 0 aliphatic carbocycles. The van der Waals surface area contributed by atoms with Gasteiger partial charge in [-0.05, 0) is 49.7 Å². The highest BCUT2D eigenvalue weighted by Crippen LogP contribution is 2.28. The Morgan fingerprint density at radius 3 is 2.54 bits per heavy atom. The lowest BCUT2D eigenvalue weighted by Gasteiger charge is -2.36. The van der Waals surface area contributed by atoms with E-state index in [1.165, 1.54) is 18.2 Å². The SMILES string of the molecule is Fc1cccc(N2CCN(CCCCN3NNc4ccccc43)CC2)c1. The summed E-state index contributed by atoms with van der Waals surface area (Å²) in [6.07, 6.45) is 2.33. The number of nitrogens with one attached hydrogen (secondary N) is 2. The van der Waals surface area contributed by atoms with Crippen molar-refractivity contribution >= 4 is 17.1 Å². The van der Waals surface area contributed by atoms with Gasteiger partial charge < -0.3 is 10.3 Å². The first-order valence-electron chi connectivity index (χ1n) is 9.41. The van der Waals surface area contributed by atoms with Gasteiger partial charge in [0, 0.05) is 38.4 Å². The first-order valence-corrected chi connectivity index (χ1v) is 9.41. The molecule has 0 radical (unpaired) electrons. The van der Waals surface area contributed by atoms with Gasteiger partial charge in [-0.3, -0.25) is 9.91 Å². The quantitative estimate of drug-likeness (QED) is 0.779. The molecule has 0 bridgehead atoms. The van der Waals surface area contributed by atoms with Crippen molar-refractivity contribution in [1.29, 1.82) is 0 Å². The van der Waals surface area contributed by atoms with Crippen LogP contribution in [0, 0.1) is 5.82 Å². The molecule has 4 rings (SSSR count). The number of unbranched alkanes of at least 4 members (excludes halogenated alkanes) is 1. The Balaban J connectivity index is 1.17. The number of benzene rings is 2. The molecule has 0 unspecified atom stereocenters. The van der Waals surface area contributed by atoms with Gasteiger partial charge in [-0.1, -0.05) is 18.2 Å². The summed E-state index contributed by atoms with van der Waals surface area (Å²) < 4.78 is 13.4. The molecule has 0 saturated carbocycles. The minimum absolute atomic E-state index is 0.156. The van der Waals surface area contributed by atoms with Crippen LogP contribution in [0.3, 0.4) is 0 Å². The molecule has 0 aromatic heterocycles. The number of rotatable bonds is 6. The van der Waals surface area contributed by atoms with E-state index in [4.69, 9.17) is 0 Å². The first-order chi connectivity index (χ1) is 12.8. The fourth-order valence-electron chi connectivity index (χ4n) is 3.69. The zero-order valence-corrected chi connectivity index (χ0v) is 15.0. The molecule has 2 heterocycles. The highest BCUT2D eigenvalue weighted by atomic mass is 19.1. The summed E-state index contributed by atoms with van der Waals surface area (Å²) in [5.41, 5.74) is 9.77. The predicted molar refractivity (Wildman–Crippen MR) is 105 cm³/mol. The molecule has 2 aromatic carbocycles. The molecular formula is C20H26FN5. The van der Waals surface area contributed by atoms with Crippen molar-refractivity contribution in [3.63, 3.8) is 0 Å². The Bertz CT molecular complexity index is 730. The topological polar surface area (TPSA) is 33.8 Å². The van der Waals surface area contributed by atoms with Gasteiger partial charge in [0.2, 0.25) is 0 Å². The van der Waals surface area contributed by atoms with E-state index in [0.29, 0.717) is 0 Å². The molecule has 6 heteroatoms. The second-order valence-electron chi connectivity index (χ2n) is 6.92. The summed E-state index contributed by atoms with van der Waals surface area (Å²) >= 11 is 0. The molecule has 1 saturated heterocycles. The largest absolute Gasteiger partial charge is 0.369 e. The van der Waals surface area contributed by atoms with Crippen molar-refractivity contribution in [3.8, 4) is 0 Å². The molecule has 2 aliphatic heterocycles. The number of hydrazine groups is 2. The van der Waals surface area contributed by atoms with Crippen LogP contribution in [-0.4, -0.2) is 44.2 Å². The minimum Gasteiger partial charge on any atom is -0.369 e. The average molecular weight is 355 g/mol. The van der Waals surface area contributed by atoms with Gasteiger partial charge in [0.25, 0.3) is 0 Å². The maximum atomic E-state index is 13.4. The van der Waals surface area contributed by atoms with Crippen LogP contribution in [0.1, 0.15) is 12.8 Å². The van der Waals surface area contributed by atoms with Crippen LogP contribution in [0.15, 0.2) is 48.5 Å². The van der Waals surface area contributed by atoms with E-state index < -0.39 is 0 Å². The minimum atomic E-state index is -0.156. The van der Waals surface area contributed by atoms with E-state index in [0.717, 1.165) is 57.1 Å². The lowest BCUT2D eigenvalue weighted by molar-refractivity contribution is 0.253. The third-order valence-corrected chi connectivity index (χ3v) is 5.17. The van der Waals surface area contributed by atoms with Crippen molar-refractivity contribution in [2.24, 2.45) is 0 Å². The fourth-order valence-corrected chi connectivity index (χ4v) is 3.69. The van der Waals surface area contributed by atoms with Crippen molar-refractivity contribution in [3.05, 3.63) is 54.3 Å². The Kier molecular flexibility index (Phi) is 5.22. The molecule has 26 heavy (non-hydrogen) atoms. The number of halogens is 1. The smallest absolute Gasteiger partial charge is 0.125 e. The number of anilines is 3. The molecule has 2 aliphatic rings. The Hall–Kier alpha value is -2.31. The van der Waals surface area contributed by atoms with Crippen LogP contribution in [0.25, 0.3) is 0 Å². The van der Waals surface area contributed by atoms with Gasteiger partial charge in [-0.2, -0.15) is 0 Å². The zero-order valence-electron chi connectivity index (χ0n) is 15.0. The molecule has 138 valence electrons. The maximum Gasteiger partial charge on any atom is 0.125 e. The maximum absolute atomic E-state index is 13.4. The molecule has 2 aromatic rings. The van der Waals surface area contributed by atoms with E-state index in [-0.39, 0.29) is 5.82 Å². The second kappa shape index (κ2) is 7.93. The molecule has 2 N–H and O–H groups in total. The van der Waals surface area contributed by atoms with E-state index in [1.54, 1.807) is 12.1 Å². The monoisotopic (exact) mass is 355 g/mol. The Labute approximate surface area is 154 Å². The van der Waals surface area contributed by atoms with Gasteiger partial charge in [0.15, 0.2) is 0 Å². The lowest BCUT2D eigenvalue weighted by atomic mass is 10.2. The Morgan fingerprint density at radius 2 is 1.69 bits per heavy atom. The third kappa shape index (κ3) is 3.92. The summed E-state index contributed by atoms with van der Waals surface area (Å²) in [7, 11) is 0. The lowest BCUT2D eigenvalue weighted by Crippen LogP contribution is -2.46. The third-order valence-electron chi connectivity index (χ3n) is 5.17. The average Bonchev–Trinajstić information content (AvgIpc) is 3.09. The van der Waals surface area contributed by atoms with Crippen molar-refractivity contribution in [2.45, 2.75) is 12.8 Å².